The third-order valence-electron chi connectivity index (χ3n) is 2.68. The van der Waals surface area contributed by atoms with Crippen LogP contribution in [0.15, 0.2) is 45.8 Å². The largest absolute Gasteiger partial charge is 0.430 e. The van der Waals surface area contributed by atoms with E-state index in [1.807, 2.05) is 32.0 Å². The van der Waals surface area contributed by atoms with Gasteiger partial charge in [-0.3, -0.25) is 4.79 Å². The monoisotopic (exact) mass is 243 g/mol. The minimum Gasteiger partial charge on any atom is -0.430 e. The summed E-state index contributed by atoms with van der Waals surface area (Å²) >= 11 is 0. The van der Waals surface area contributed by atoms with E-state index in [1.54, 1.807) is 0 Å². The van der Waals surface area contributed by atoms with Crippen molar-refractivity contribution >= 4 is 11.6 Å². The van der Waals surface area contributed by atoms with Crippen LogP contribution >= 0.6 is 0 Å². The van der Waals surface area contributed by atoms with Crippen LogP contribution in [0.4, 0.5) is 5.69 Å². The molecule has 1 N–H and O–H groups in total. The van der Waals surface area contributed by atoms with Crippen LogP contribution in [0.25, 0.3) is 0 Å². The van der Waals surface area contributed by atoms with Crippen LogP contribution in [0.2, 0.25) is 0 Å². The number of benzene rings is 1. The number of aryl methyl sites for hydroxylation is 2. The number of rotatable bonds is 2. The van der Waals surface area contributed by atoms with Crippen molar-refractivity contribution < 1.29 is 9.21 Å². The highest BCUT2D eigenvalue weighted by Crippen LogP contribution is 2.20. The van der Waals surface area contributed by atoms with Gasteiger partial charge in [-0.1, -0.05) is 18.2 Å². The van der Waals surface area contributed by atoms with Gasteiger partial charge in [-0.2, -0.15) is 0 Å². The SMILES string of the molecule is Cc1cccc(C)c1NC(=O)c1ccc(=O)oc1. The van der Waals surface area contributed by atoms with E-state index in [9.17, 15) is 9.59 Å². The summed E-state index contributed by atoms with van der Waals surface area (Å²) in [5.41, 5.74) is 2.60. The summed E-state index contributed by atoms with van der Waals surface area (Å²) in [7, 11) is 0. The average Bonchev–Trinajstić information content (AvgIpc) is 2.34. The van der Waals surface area contributed by atoms with Crippen LogP contribution in [0.1, 0.15) is 21.5 Å². The predicted molar refractivity (Wildman–Crippen MR) is 68.8 cm³/mol. The van der Waals surface area contributed by atoms with Crippen molar-refractivity contribution in [2.24, 2.45) is 0 Å². The van der Waals surface area contributed by atoms with Gasteiger partial charge in [-0.05, 0) is 31.0 Å². The molecule has 0 aliphatic carbocycles. The van der Waals surface area contributed by atoms with Crippen molar-refractivity contribution in [3.63, 3.8) is 0 Å². The second kappa shape index (κ2) is 4.87. The molecule has 0 bridgehead atoms. The van der Waals surface area contributed by atoms with E-state index in [4.69, 9.17) is 0 Å². The van der Waals surface area contributed by atoms with E-state index < -0.39 is 5.63 Å². The van der Waals surface area contributed by atoms with E-state index in [1.165, 1.54) is 12.1 Å². The average molecular weight is 243 g/mol. The maximum absolute atomic E-state index is 12.0. The van der Waals surface area contributed by atoms with Crippen molar-refractivity contribution in [1.29, 1.82) is 0 Å². The molecule has 1 aromatic carbocycles. The number of carbonyl (C=O) groups is 1. The van der Waals surface area contributed by atoms with Crippen LogP contribution in [0.3, 0.4) is 0 Å². The Kier molecular flexibility index (Phi) is 3.28. The maximum atomic E-state index is 12.0. The number of nitrogens with one attached hydrogen (secondary N) is 1. The van der Waals surface area contributed by atoms with Crippen molar-refractivity contribution in [1.82, 2.24) is 0 Å². The number of carbonyl (C=O) groups excluding carboxylic acids is 1. The van der Waals surface area contributed by atoms with E-state index in [2.05, 4.69) is 9.73 Å². The number of para-hydroxylation sites is 1. The molecule has 0 radical (unpaired) electrons. The van der Waals surface area contributed by atoms with Crippen LogP contribution in [-0.2, 0) is 0 Å². The Morgan fingerprint density at radius 3 is 2.33 bits per heavy atom. The fraction of sp³-hybridized carbons (Fsp3) is 0.143. The summed E-state index contributed by atoms with van der Waals surface area (Å²) in [6.45, 7) is 3.85. The Morgan fingerprint density at radius 1 is 1.11 bits per heavy atom. The first-order valence-corrected chi connectivity index (χ1v) is 5.54. The summed E-state index contributed by atoms with van der Waals surface area (Å²) in [6.07, 6.45) is 1.16. The Hall–Kier alpha value is -2.36. The van der Waals surface area contributed by atoms with Crippen molar-refractivity contribution in [3.8, 4) is 0 Å². The minimum absolute atomic E-state index is 0.295. The summed E-state index contributed by atoms with van der Waals surface area (Å²) in [4.78, 5) is 22.8. The Morgan fingerprint density at radius 2 is 1.78 bits per heavy atom. The number of hydrogen-bond acceptors (Lipinski definition) is 3. The van der Waals surface area contributed by atoms with Gasteiger partial charge in [-0.25, -0.2) is 4.79 Å². The molecule has 0 atom stereocenters. The van der Waals surface area contributed by atoms with Gasteiger partial charge in [0.2, 0.25) is 0 Å². The zero-order valence-electron chi connectivity index (χ0n) is 10.2. The van der Waals surface area contributed by atoms with E-state index in [0.29, 0.717) is 5.56 Å². The molecule has 0 spiro atoms. The van der Waals surface area contributed by atoms with Gasteiger partial charge >= 0.3 is 5.63 Å². The molecule has 1 amide bonds. The van der Waals surface area contributed by atoms with Crippen molar-refractivity contribution in [2.75, 3.05) is 5.32 Å². The first-order chi connectivity index (χ1) is 8.58. The van der Waals surface area contributed by atoms with Crippen molar-refractivity contribution in [2.45, 2.75) is 13.8 Å². The first-order valence-electron chi connectivity index (χ1n) is 5.54. The van der Waals surface area contributed by atoms with Gasteiger partial charge < -0.3 is 9.73 Å². The number of anilines is 1. The van der Waals surface area contributed by atoms with Gasteiger partial charge in [0.15, 0.2) is 0 Å². The molecular formula is C14H13NO3. The molecule has 0 aliphatic heterocycles. The van der Waals surface area contributed by atoms with Crippen LogP contribution in [-0.4, -0.2) is 5.91 Å². The second-order valence-corrected chi connectivity index (χ2v) is 4.06. The van der Waals surface area contributed by atoms with Gasteiger partial charge in [0, 0.05) is 11.8 Å². The van der Waals surface area contributed by atoms with E-state index >= 15 is 0 Å². The summed E-state index contributed by atoms with van der Waals surface area (Å²) in [5.74, 6) is -0.295. The second-order valence-electron chi connectivity index (χ2n) is 4.06. The lowest BCUT2D eigenvalue weighted by Crippen LogP contribution is -2.14. The number of hydrogen-bond donors (Lipinski definition) is 1. The lowest BCUT2D eigenvalue weighted by molar-refractivity contribution is 0.102. The Balaban J connectivity index is 2.27. The topological polar surface area (TPSA) is 59.3 Å². The van der Waals surface area contributed by atoms with Crippen molar-refractivity contribution in [3.05, 3.63) is 63.7 Å². The fourth-order valence-electron chi connectivity index (χ4n) is 1.68. The molecule has 0 saturated carbocycles. The molecule has 0 aliphatic rings. The van der Waals surface area contributed by atoms with Crippen LogP contribution < -0.4 is 10.9 Å². The molecule has 18 heavy (non-hydrogen) atoms. The lowest BCUT2D eigenvalue weighted by atomic mass is 10.1. The quantitative estimate of drug-likeness (QED) is 0.881. The Labute approximate surface area is 104 Å². The molecule has 0 saturated heterocycles. The lowest BCUT2D eigenvalue weighted by Gasteiger charge is -2.10. The van der Waals surface area contributed by atoms with Gasteiger partial charge in [0.1, 0.15) is 6.26 Å². The summed E-state index contributed by atoms with van der Waals surface area (Å²) in [5, 5.41) is 2.81. The van der Waals surface area contributed by atoms with Crippen LogP contribution in [0, 0.1) is 13.8 Å². The maximum Gasteiger partial charge on any atom is 0.335 e. The van der Waals surface area contributed by atoms with Gasteiger partial charge in [0.05, 0.1) is 5.56 Å². The molecule has 4 nitrogen and oxygen atoms in total. The normalized spacial score (nSPS) is 10.1. The molecule has 92 valence electrons. The molecular weight excluding hydrogens is 230 g/mol. The molecule has 0 fully saturated rings. The first kappa shape index (κ1) is 12.1. The summed E-state index contributed by atoms with van der Waals surface area (Å²) < 4.78 is 4.66. The molecule has 1 aromatic heterocycles. The third kappa shape index (κ3) is 2.48. The molecule has 2 rings (SSSR count). The fourth-order valence-corrected chi connectivity index (χ4v) is 1.68. The van der Waals surface area contributed by atoms with E-state index in [-0.39, 0.29) is 5.91 Å². The zero-order chi connectivity index (χ0) is 13.1. The minimum atomic E-state index is -0.473. The van der Waals surface area contributed by atoms with E-state index in [0.717, 1.165) is 23.1 Å². The zero-order valence-corrected chi connectivity index (χ0v) is 10.2. The highest BCUT2D eigenvalue weighted by molar-refractivity contribution is 6.04. The smallest absolute Gasteiger partial charge is 0.335 e. The standard InChI is InChI=1S/C14H13NO3/c1-9-4-3-5-10(2)13(9)15-14(17)11-6-7-12(16)18-8-11/h3-8H,1-2H3,(H,15,17). The highest BCUT2D eigenvalue weighted by atomic mass is 16.4. The molecule has 0 unspecified atom stereocenters. The van der Waals surface area contributed by atoms with Crippen LogP contribution in [0.5, 0.6) is 0 Å². The Bertz CT molecular complexity index is 603. The number of amides is 1. The summed E-state index contributed by atoms with van der Waals surface area (Å²) in [6, 6.07) is 8.44. The highest BCUT2D eigenvalue weighted by Gasteiger charge is 2.09. The molecule has 4 heteroatoms. The molecule has 2 aromatic rings. The third-order valence-corrected chi connectivity index (χ3v) is 2.68. The van der Waals surface area contributed by atoms with Gasteiger partial charge in [0.25, 0.3) is 5.91 Å². The molecule has 1 heterocycles. The van der Waals surface area contributed by atoms with Gasteiger partial charge in [-0.15, -0.1) is 0 Å². The predicted octanol–water partition coefficient (Wildman–Crippen LogP) is 2.51.